The quantitative estimate of drug-likeness (QED) is 0.113. The maximum atomic E-state index is 2.47. The number of hydrogen-bond acceptors (Lipinski definition) is 3. The minimum absolute atomic E-state index is 1.05. The lowest BCUT2D eigenvalue weighted by Gasteiger charge is -2.29. The molecule has 0 spiro atoms. The molecular weight excluding hydrogens is 969 g/mol. The van der Waals surface area contributed by atoms with Crippen LogP contribution in [0.25, 0.3) is 82.1 Å². The molecule has 15 rings (SSSR count). The lowest BCUT2D eigenvalue weighted by Crippen LogP contribution is -2.13. The highest BCUT2D eigenvalue weighted by atomic mass is 15.2. The van der Waals surface area contributed by atoms with Crippen LogP contribution >= 0.6 is 0 Å². The molecule has 0 radical (unpaired) electrons. The van der Waals surface area contributed by atoms with E-state index in [1.165, 1.54) is 65.3 Å². The standard InChI is InChI=1S/C76H52N4/c1-6-17-53(18-7-1)54-31-39-69(40-32-54)80-72-50-36-58(51-71(72)76-70-49-35-57-20-16-19-56-29-30-59(52-73(76)80)75(70)74(56)57)55-33-37-64(38-34-55)79(67-45-41-65(42-46-67)77(60-21-8-2-9-22-60)61-23-10-3-11-24-61)68-47-43-66(44-48-68)78(62-25-12-4-13-26-62)63-27-14-5-15-28-63/h1-52H. The Hall–Kier alpha value is -10.7. The number of nitrogens with zero attached hydrogens (tertiary/aromatic N) is 4. The van der Waals surface area contributed by atoms with E-state index in [9.17, 15) is 0 Å². The molecule has 0 saturated heterocycles. The topological polar surface area (TPSA) is 14.7 Å². The van der Waals surface area contributed by atoms with Crippen molar-refractivity contribution >= 4 is 105 Å². The SMILES string of the molecule is c1ccc(-c2ccc(-n3c4ccc(-c5ccc(N(c6ccc(N(c7ccccc7)c7ccccc7)cc6)c6ccc(N(c7ccccc7)c7ccccc7)cc6)cc5)cc4c4c5ccc6cccc7ccc(cc43)c5c76)cc2)cc1. The Balaban J connectivity index is 0.854. The number of anilines is 9. The first-order valence-corrected chi connectivity index (χ1v) is 27.4. The smallest absolute Gasteiger partial charge is 0.0553 e. The zero-order chi connectivity index (χ0) is 52.9. The lowest BCUT2D eigenvalue weighted by molar-refractivity contribution is 1.18. The molecule has 15 aromatic rings. The summed E-state index contributed by atoms with van der Waals surface area (Å²) in [6.07, 6.45) is 0. The monoisotopic (exact) mass is 1020 g/mol. The van der Waals surface area contributed by atoms with Gasteiger partial charge >= 0.3 is 0 Å². The molecular formula is C76H52N4. The molecule has 0 aliphatic rings. The molecule has 80 heavy (non-hydrogen) atoms. The highest BCUT2D eigenvalue weighted by molar-refractivity contribution is 6.33. The summed E-state index contributed by atoms with van der Waals surface area (Å²) >= 11 is 0. The Bertz CT molecular complexity index is 4420. The molecule has 0 N–H and O–H groups in total. The molecule has 0 amide bonds. The van der Waals surface area contributed by atoms with Gasteiger partial charge in [-0.05, 0) is 194 Å². The predicted molar refractivity (Wildman–Crippen MR) is 339 cm³/mol. The molecule has 0 aliphatic carbocycles. The molecule has 4 heteroatoms. The summed E-state index contributed by atoms with van der Waals surface area (Å²) in [5, 5.41) is 10.2. The van der Waals surface area contributed by atoms with Crippen molar-refractivity contribution in [1.82, 2.24) is 4.57 Å². The maximum Gasteiger partial charge on any atom is 0.0553 e. The van der Waals surface area contributed by atoms with E-state index in [0.29, 0.717) is 0 Å². The third-order valence-corrected chi connectivity index (χ3v) is 15.9. The normalized spacial score (nSPS) is 11.5. The zero-order valence-electron chi connectivity index (χ0n) is 43.8. The Morgan fingerprint density at radius 1 is 0.200 bits per heavy atom. The van der Waals surface area contributed by atoms with E-state index >= 15 is 0 Å². The molecule has 0 saturated carbocycles. The van der Waals surface area contributed by atoms with Crippen molar-refractivity contribution in [3.8, 4) is 27.9 Å². The number of rotatable bonds is 12. The number of fused-ring (bicyclic) bond motifs is 4. The molecule has 0 atom stereocenters. The van der Waals surface area contributed by atoms with Crippen LogP contribution in [0.3, 0.4) is 0 Å². The van der Waals surface area contributed by atoms with Gasteiger partial charge in [0.05, 0.1) is 11.0 Å². The van der Waals surface area contributed by atoms with Crippen LogP contribution in [0.4, 0.5) is 51.2 Å². The Labute approximate surface area is 465 Å². The molecule has 0 bridgehead atoms. The van der Waals surface area contributed by atoms with Crippen molar-refractivity contribution in [3.63, 3.8) is 0 Å². The summed E-state index contributed by atoms with van der Waals surface area (Å²) in [5.41, 5.74) is 17.9. The maximum absolute atomic E-state index is 2.47. The van der Waals surface area contributed by atoms with Crippen LogP contribution < -0.4 is 14.7 Å². The number of hydrogen-bond donors (Lipinski definition) is 0. The van der Waals surface area contributed by atoms with Gasteiger partial charge in [0, 0.05) is 67.6 Å². The van der Waals surface area contributed by atoms with Gasteiger partial charge in [0.15, 0.2) is 0 Å². The van der Waals surface area contributed by atoms with Crippen LogP contribution in [0.15, 0.2) is 315 Å². The summed E-state index contributed by atoms with van der Waals surface area (Å²) in [6, 6.07) is 114. The molecule has 0 fully saturated rings. The van der Waals surface area contributed by atoms with Gasteiger partial charge < -0.3 is 19.3 Å². The molecule has 1 heterocycles. The second-order valence-electron chi connectivity index (χ2n) is 20.5. The van der Waals surface area contributed by atoms with E-state index in [4.69, 9.17) is 0 Å². The van der Waals surface area contributed by atoms with Gasteiger partial charge in [0.25, 0.3) is 0 Å². The van der Waals surface area contributed by atoms with Crippen molar-refractivity contribution in [1.29, 1.82) is 0 Å². The Morgan fingerprint density at radius 2 is 0.562 bits per heavy atom. The van der Waals surface area contributed by atoms with Crippen molar-refractivity contribution < 1.29 is 0 Å². The van der Waals surface area contributed by atoms with E-state index < -0.39 is 0 Å². The fourth-order valence-corrected chi connectivity index (χ4v) is 12.2. The third-order valence-electron chi connectivity index (χ3n) is 15.9. The number of aromatic nitrogens is 1. The van der Waals surface area contributed by atoms with Crippen LogP contribution in [0, 0.1) is 0 Å². The fraction of sp³-hybridized carbons (Fsp3) is 0. The van der Waals surface area contributed by atoms with Gasteiger partial charge in [-0.3, -0.25) is 0 Å². The average Bonchev–Trinajstić information content (AvgIpc) is 3.99. The van der Waals surface area contributed by atoms with Crippen LogP contribution in [0.5, 0.6) is 0 Å². The Morgan fingerprint density at radius 3 is 1.04 bits per heavy atom. The largest absolute Gasteiger partial charge is 0.311 e. The van der Waals surface area contributed by atoms with Crippen LogP contribution in [0.1, 0.15) is 0 Å². The molecule has 376 valence electrons. The fourth-order valence-electron chi connectivity index (χ4n) is 12.2. The molecule has 0 unspecified atom stereocenters. The Kier molecular flexibility index (Phi) is 11.5. The summed E-state index contributed by atoms with van der Waals surface area (Å²) < 4.78 is 2.47. The predicted octanol–water partition coefficient (Wildman–Crippen LogP) is 21.4. The summed E-state index contributed by atoms with van der Waals surface area (Å²) in [7, 11) is 0. The van der Waals surface area contributed by atoms with E-state index in [2.05, 4.69) is 335 Å². The molecule has 0 aliphatic heterocycles. The van der Waals surface area contributed by atoms with Gasteiger partial charge in [-0.2, -0.15) is 0 Å². The third kappa shape index (κ3) is 8.17. The van der Waals surface area contributed by atoms with Crippen molar-refractivity contribution in [2.75, 3.05) is 14.7 Å². The van der Waals surface area contributed by atoms with Crippen molar-refractivity contribution in [2.45, 2.75) is 0 Å². The van der Waals surface area contributed by atoms with Gasteiger partial charge in [0.2, 0.25) is 0 Å². The molecule has 4 nitrogen and oxygen atoms in total. The minimum Gasteiger partial charge on any atom is -0.311 e. The first-order valence-electron chi connectivity index (χ1n) is 27.4. The second kappa shape index (κ2) is 19.7. The zero-order valence-corrected chi connectivity index (χ0v) is 43.8. The van der Waals surface area contributed by atoms with E-state index in [1.54, 1.807) is 0 Å². The van der Waals surface area contributed by atoms with Crippen molar-refractivity contribution in [2.24, 2.45) is 0 Å². The molecule has 1 aromatic heterocycles. The van der Waals surface area contributed by atoms with E-state index in [1.807, 2.05) is 0 Å². The first kappa shape index (κ1) is 46.6. The molecule has 14 aromatic carbocycles. The summed E-state index contributed by atoms with van der Waals surface area (Å²) in [4.78, 5) is 6.98. The minimum atomic E-state index is 1.05. The number of benzene rings is 14. The highest BCUT2D eigenvalue weighted by Crippen LogP contribution is 2.46. The van der Waals surface area contributed by atoms with Crippen LogP contribution in [-0.2, 0) is 0 Å². The number of para-hydroxylation sites is 4. The van der Waals surface area contributed by atoms with E-state index in [0.717, 1.165) is 68.0 Å². The highest BCUT2D eigenvalue weighted by Gasteiger charge is 2.22. The summed E-state index contributed by atoms with van der Waals surface area (Å²) in [5.74, 6) is 0. The van der Waals surface area contributed by atoms with Gasteiger partial charge in [0.1, 0.15) is 0 Å². The van der Waals surface area contributed by atoms with Crippen molar-refractivity contribution in [3.05, 3.63) is 315 Å². The van der Waals surface area contributed by atoms with Gasteiger partial charge in [-0.1, -0.05) is 176 Å². The van der Waals surface area contributed by atoms with E-state index in [-0.39, 0.29) is 0 Å². The average molecular weight is 1020 g/mol. The van der Waals surface area contributed by atoms with Gasteiger partial charge in [-0.15, -0.1) is 0 Å². The second-order valence-corrected chi connectivity index (χ2v) is 20.5. The van der Waals surface area contributed by atoms with Gasteiger partial charge in [-0.25, -0.2) is 0 Å². The van der Waals surface area contributed by atoms with Crippen LogP contribution in [-0.4, -0.2) is 4.57 Å². The first-order chi connectivity index (χ1) is 39.7. The summed E-state index contributed by atoms with van der Waals surface area (Å²) in [6.45, 7) is 0. The van der Waals surface area contributed by atoms with Crippen LogP contribution in [0.2, 0.25) is 0 Å². The lowest BCUT2D eigenvalue weighted by atomic mass is 9.91.